The number of ether oxygens (including phenoxy) is 1. The van der Waals surface area contributed by atoms with Gasteiger partial charge in [-0.2, -0.15) is 5.10 Å². The molecule has 1 aromatic heterocycles. The minimum Gasteiger partial charge on any atom is -0.491 e. The quantitative estimate of drug-likeness (QED) is 0.846. The van der Waals surface area contributed by atoms with E-state index in [0.29, 0.717) is 17.9 Å². The maximum absolute atomic E-state index is 13.8. The molecule has 0 radical (unpaired) electrons. The van der Waals surface area contributed by atoms with Gasteiger partial charge in [0.05, 0.1) is 12.3 Å². The van der Waals surface area contributed by atoms with Gasteiger partial charge < -0.3 is 14.9 Å². The number of carboxylic acids is 1. The highest BCUT2D eigenvalue weighted by molar-refractivity contribution is 5.87. The highest BCUT2D eigenvalue weighted by atomic mass is 19.1. The van der Waals surface area contributed by atoms with Crippen LogP contribution in [0.25, 0.3) is 5.69 Å². The lowest BCUT2D eigenvalue weighted by Gasteiger charge is -2.06. The zero-order valence-corrected chi connectivity index (χ0v) is 11.4. The second kappa shape index (κ2) is 6.36. The Bertz CT molecular complexity index is 654. The summed E-state index contributed by atoms with van der Waals surface area (Å²) >= 11 is 0. The van der Waals surface area contributed by atoms with Gasteiger partial charge in [0.25, 0.3) is 0 Å². The van der Waals surface area contributed by atoms with Crippen molar-refractivity contribution in [1.82, 2.24) is 9.78 Å². The number of aliphatic hydroxyl groups excluding tert-OH is 1. The number of aliphatic hydroxyl groups is 1. The number of carbonyl (C=O) groups is 1. The van der Waals surface area contributed by atoms with E-state index in [1.54, 1.807) is 13.0 Å². The van der Waals surface area contributed by atoms with Gasteiger partial charge in [0.15, 0.2) is 17.3 Å². The van der Waals surface area contributed by atoms with Crippen LogP contribution in [0.4, 0.5) is 4.39 Å². The summed E-state index contributed by atoms with van der Waals surface area (Å²) in [7, 11) is 0. The molecule has 1 aromatic carbocycles. The fraction of sp³-hybridized carbons (Fsp3) is 0.286. The first-order valence-electron chi connectivity index (χ1n) is 6.42. The van der Waals surface area contributed by atoms with Crippen molar-refractivity contribution in [1.29, 1.82) is 0 Å². The number of nitrogens with zero attached hydrogens (tertiary/aromatic N) is 2. The number of hydrogen-bond acceptors (Lipinski definition) is 4. The molecule has 1 heterocycles. The van der Waals surface area contributed by atoms with Crippen LogP contribution >= 0.6 is 0 Å². The third-order valence-corrected chi connectivity index (χ3v) is 2.85. The number of aromatic carboxylic acids is 1. The van der Waals surface area contributed by atoms with Gasteiger partial charge in [-0.1, -0.05) is 0 Å². The minimum atomic E-state index is -1.19. The maximum Gasteiger partial charge on any atom is 0.356 e. The van der Waals surface area contributed by atoms with Crippen LogP contribution in [0.3, 0.4) is 0 Å². The van der Waals surface area contributed by atoms with Crippen molar-refractivity contribution in [3.8, 4) is 11.4 Å². The Morgan fingerprint density at radius 3 is 2.81 bits per heavy atom. The van der Waals surface area contributed by atoms with E-state index in [1.807, 2.05) is 0 Å². The van der Waals surface area contributed by atoms with Crippen molar-refractivity contribution in [3.05, 3.63) is 41.5 Å². The largest absolute Gasteiger partial charge is 0.491 e. The smallest absolute Gasteiger partial charge is 0.356 e. The minimum absolute atomic E-state index is 0.127. The summed E-state index contributed by atoms with van der Waals surface area (Å²) in [5, 5.41) is 21.9. The predicted octanol–water partition coefficient (Wildman–Crippen LogP) is 1.64. The third kappa shape index (κ3) is 3.19. The number of aromatic nitrogens is 2. The van der Waals surface area contributed by atoms with Crippen LogP contribution in [0.15, 0.2) is 24.4 Å². The standard InChI is InChI=1S/C14H15FN2O4/c1-2-21-12-4-3-10(7-11(12)15)17-8-9(5-6-18)13(16-17)14(19)20/h3-4,7-8,18H,2,5-6H2,1H3,(H,19,20). The molecule has 0 saturated carbocycles. The molecule has 0 fully saturated rings. The Balaban J connectivity index is 2.40. The molecule has 0 aliphatic rings. The molecule has 21 heavy (non-hydrogen) atoms. The van der Waals surface area contributed by atoms with Crippen LogP contribution < -0.4 is 4.74 Å². The normalized spacial score (nSPS) is 10.6. The summed E-state index contributed by atoms with van der Waals surface area (Å²) in [4.78, 5) is 11.1. The van der Waals surface area contributed by atoms with Gasteiger partial charge in [-0.15, -0.1) is 0 Å². The van der Waals surface area contributed by atoms with E-state index in [4.69, 9.17) is 14.9 Å². The number of halogens is 1. The second-order valence-corrected chi connectivity index (χ2v) is 4.27. The summed E-state index contributed by atoms with van der Waals surface area (Å²) in [5.41, 5.74) is 0.611. The molecule has 0 atom stereocenters. The van der Waals surface area contributed by atoms with Gasteiger partial charge in [0, 0.05) is 24.4 Å². The molecule has 7 heteroatoms. The molecule has 0 spiro atoms. The van der Waals surface area contributed by atoms with E-state index in [9.17, 15) is 9.18 Å². The molecule has 0 amide bonds. The number of hydrogen-bond donors (Lipinski definition) is 2. The average Bonchev–Trinajstić information content (AvgIpc) is 2.86. The first kappa shape index (κ1) is 15.0. The molecule has 0 aliphatic heterocycles. The van der Waals surface area contributed by atoms with E-state index in [1.165, 1.54) is 23.0 Å². The fourth-order valence-corrected chi connectivity index (χ4v) is 1.93. The Kier molecular flexibility index (Phi) is 4.54. The number of carboxylic acid groups (broad SMARTS) is 1. The lowest BCUT2D eigenvalue weighted by Crippen LogP contribution is -2.04. The Morgan fingerprint density at radius 2 is 2.24 bits per heavy atom. The zero-order chi connectivity index (χ0) is 15.4. The van der Waals surface area contributed by atoms with E-state index < -0.39 is 11.8 Å². The lowest BCUT2D eigenvalue weighted by molar-refractivity contribution is 0.0688. The van der Waals surface area contributed by atoms with Crippen LogP contribution in [-0.2, 0) is 6.42 Å². The van der Waals surface area contributed by atoms with Crippen molar-refractivity contribution in [2.45, 2.75) is 13.3 Å². The van der Waals surface area contributed by atoms with Crippen molar-refractivity contribution < 1.29 is 24.1 Å². The fourth-order valence-electron chi connectivity index (χ4n) is 1.93. The molecule has 0 aliphatic carbocycles. The summed E-state index contributed by atoms with van der Waals surface area (Å²) in [6.07, 6.45) is 1.63. The van der Waals surface area contributed by atoms with Crippen LogP contribution in [0.2, 0.25) is 0 Å². The van der Waals surface area contributed by atoms with E-state index >= 15 is 0 Å². The van der Waals surface area contributed by atoms with E-state index in [2.05, 4.69) is 5.10 Å². The van der Waals surface area contributed by atoms with Crippen molar-refractivity contribution in [2.75, 3.05) is 13.2 Å². The van der Waals surface area contributed by atoms with Crippen LogP contribution in [-0.4, -0.2) is 39.2 Å². The van der Waals surface area contributed by atoms with Crippen LogP contribution in [0.1, 0.15) is 23.0 Å². The average molecular weight is 294 g/mol. The molecule has 2 rings (SSSR count). The third-order valence-electron chi connectivity index (χ3n) is 2.85. The summed E-state index contributed by atoms with van der Waals surface area (Å²) in [6.45, 7) is 1.91. The second-order valence-electron chi connectivity index (χ2n) is 4.27. The number of rotatable bonds is 6. The summed E-state index contributed by atoms with van der Waals surface area (Å²) in [5.74, 6) is -1.61. The zero-order valence-electron chi connectivity index (χ0n) is 11.4. The van der Waals surface area contributed by atoms with E-state index in [-0.39, 0.29) is 24.5 Å². The van der Waals surface area contributed by atoms with Gasteiger partial charge in [0.2, 0.25) is 0 Å². The Morgan fingerprint density at radius 1 is 1.48 bits per heavy atom. The van der Waals surface area contributed by atoms with Gasteiger partial charge in [-0.3, -0.25) is 0 Å². The highest BCUT2D eigenvalue weighted by Crippen LogP contribution is 2.21. The molecule has 0 saturated heterocycles. The van der Waals surface area contributed by atoms with Crippen molar-refractivity contribution >= 4 is 5.97 Å². The summed E-state index contributed by atoms with van der Waals surface area (Å²) in [6, 6.07) is 4.25. The van der Waals surface area contributed by atoms with Crippen LogP contribution in [0, 0.1) is 5.82 Å². The molecule has 112 valence electrons. The first-order chi connectivity index (χ1) is 10.1. The van der Waals surface area contributed by atoms with Gasteiger partial charge >= 0.3 is 5.97 Å². The molecule has 0 unspecified atom stereocenters. The monoisotopic (exact) mass is 294 g/mol. The summed E-state index contributed by atoms with van der Waals surface area (Å²) < 4.78 is 20.2. The van der Waals surface area contributed by atoms with Gasteiger partial charge in [-0.05, 0) is 25.5 Å². The van der Waals surface area contributed by atoms with Gasteiger partial charge in [0.1, 0.15) is 0 Å². The highest BCUT2D eigenvalue weighted by Gasteiger charge is 2.16. The maximum atomic E-state index is 13.8. The Hall–Kier alpha value is -2.41. The number of benzene rings is 1. The predicted molar refractivity (Wildman–Crippen MR) is 72.4 cm³/mol. The first-order valence-corrected chi connectivity index (χ1v) is 6.42. The molecule has 6 nitrogen and oxygen atoms in total. The molecule has 2 aromatic rings. The van der Waals surface area contributed by atoms with Crippen molar-refractivity contribution in [3.63, 3.8) is 0 Å². The lowest BCUT2D eigenvalue weighted by atomic mass is 10.2. The SMILES string of the molecule is CCOc1ccc(-n2cc(CCO)c(C(=O)O)n2)cc1F. The Labute approximate surface area is 120 Å². The van der Waals surface area contributed by atoms with E-state index in [0.717, 1.165) is 0 Å². The van der Waals surface area contributed by atoms with Crippen LogP contribution in [0.5, 0.6) is 5.75 Å². The van der Waals surface area contributed by atoms with Gasteiger partial charge in [-0.25, -0.2) is 13.9 Å². The molecule has 0 bridgehead atoms. The molecule has 2 N–H and O–H groups in total. The van der Waals surface area contributed by atoms with Crippen molar-refractivity contribution in [2.24, 2.45) is 0 Å². The topological polar surface area (TPSA) is 84.6 Å². The molecular weight excluding hydrogens is 279 g/mol. The molecular formula is C14H15FN2O4.